The van der Waals surface area contributed by atoms with Crippen LogP contribution in [0.25, 0.3) is 0 Å². The molecular weight excluding hydrogens is 284 g/mol. The van der Waals surface area contributed by atoms with E-state index in [1.807, 2.05) is 0 Å². The van der Waals surface area contributed by atoms with E-state index in [0.717, 1.165) is 32.4 Å². The molecule has 0 aromatic carbocycles. The molecule has 0 spiro atoms. The van der Waals surface area contributed by atoms with Gasteiger partial charge >= 0.3 is 0 Å². The molecule has 1 atom stereocenters. The number of nitrogens with zero attached hydrogens (tertiary/aromatic N) is 1. The van der Waals surface area contributed by atoms with Crippen molar-refractivity contribution in [3.8, 4) is 0 Å². The predicted octanol–water partition coefficient (Wildman–Crippen LogP) is 1.73. The summed E-state index contributed by atoms with van der Waals surface area (Å²) < 4.78 is 0. The van der Waals surface area contributed by atoms with E-state index in [1.54, 1.807) is 11.3 Å². The van der Waals surface area contributed by atoms with Gasteiger partial charge in [0.25, 0.3) is 0 Å². The van der Waals surface area contributed by atoms with Crippen molar-refractivity contribution in [1.29, 1.82) is 0 Å². The Labute approximate surface area is 131 Å². The molecule has 2 N–H and O–H groups in total. The number of hydrogen-bond donors (Lipinski definition) is 2. The van der Waals surface area contributed by atoms with Crippen molar-refractivity contribution < 1.29 is 9.90 Å². The molecule has 0 aliphatic carbocycles. The van der Waals surface area contributed by atoms with E-state index in [-0.39, 0.29) is 18.4 Å². The number of aryl methyl sites for hydroxylation is 1. The third kappa shape index (κ3) is 4.53. The maximum Gasteiger partial charge on any atom is 0.224 e. The average molecular weight is 310 g/mol. The molecule has 0 saturated carbocycles. The molecule has 21 heavy (non-hydrogen) atoms. The van der Waals surface area contributed by atoms with Gasteiger partial charge in [0, 0.05) is 24.5 Å². The highest BCUT2D eigenvalue weighted by molar-refractivity contribution is 7.10. The molecule has 1 aliphatic rings. The molecule has 1 aromatic heterocycles. The van der Waals surface area contributed by atoms with Crippen molar-refractivity contribution in [1.82, 2.24) is 10.2 Å². The third-order valence-corrected chi connectivity index (χ3v) is 5.44. The number of carbonyl (C=O) groups excluding carboxylic acids is 1. The van der Waals surface area contributed by atoms with Crippen LogP contribution in [-0.2, 0) is 11.2 Å². The van der Waals surface area contributed by atoms with Gasteiger partial charge in [-0.05, 0) is 56.2 Å². The highest BCUT2D eigenvalue weighted by atomic mass is 32.1. The number of hydrogen-bond acceptors (Lipinski definition) is 4. The number of likely N-dealkylation sites (tertiary alicyclic amines) is 1. The van der Waals surface area contributed by atoms with Gasteiger partial charge in [-0.25, -0.2) is 0 Å². The van der Waals surface area contributed by atoms with Crippen LogP contribution in [0.2, 0.25) is 0 Å². The number of β-amino-alcohol motifs (C(OH)–C–C–N with tert-alkyl or cyclic N) is 1. The second-order valence-corrected chi connectivity index (χ2v) is 6.93. The summed E-state index contributed by atoms with van der Waals surface area (Å²) in [5.74, 6) is 0.248. The number of rotatable bonds is 6. The first kappa shape index (κ1) is 16.5. The van der Waals surface area contributed by atoms with Crippen molar-refractivity contribution >= 4 is 17.2 Å². The van der Waals surface area contributed by atoms with Crippen LogP contribution in [0, 0.1) is 19.8 Å². The molecule has 1 aliphatic heterocycles. The minimum absolute atomic E-state index is 0.0793. The maximum absolute atomic E-state index is 12.2. The SMILES string of the molecule is Cc1scc(CCNC(=O)C2CCCN(CCO)C2)c1C. The van der Waals surface area contributed by atoms with Crippen LogP contribution in [0.3, 0.4) is 0 Å². The van der Waals surface area contributed by atoms with Gasteiger partial charge in [-0.1, -0.05) is 0 Å². The van der Waals surface area contributed by atoms with Crippen molar-refractivity contribution in [2.24, 2.45) is 5.92 Å². The Morgan fingerprint density at radius 1 is 1.52 bits per heavy atom. The average Bonchev–Trinajstić information content (AvgIpc) is 2.80. The topological polar surface area (TPSA) is 52.6 Å². The Morgan fingerprint density at radius 2 is 2.33 bits per heavy atom. The third-order valence-electron chi connectivity index (χ3n) is 4.37. The fraction of sp³-hybridized carbons (Fsp3) is 0.688. The predicted molar refractivity (Wildman–Crippen MR) is 86.8 cm³/mol. The van der Waals surface area contributed by atoms with E-state index in [1.165, 1.54) is 16.0 Å². The molecule has 1 aromatic rings. The Morgan fingerprint density at radius 3 is 3.00 bits per heavy atom. The molecule has 2 heterocycles. The van der Waals surface area contributed by atoms with E-state index in [2.05, 4.69) is 29.4 Å². The zero-order valence-corrected chi connectivity index (χ0v) is 13.8. The van der Waals surface area contributed by atoms with Crippen molar-refractivity contribution in [2.45, 2.75) is 33.1 Å². The van der Waals surface area contributed by atoms with Crippen LogP contribution in [0.5, 0.6) is 0 Å². The fourth-order valence-corrected chi connectivity index (χ4v) is 3.81. The van der Waals surface area contributed by atoms with Crippen molar-refractivity contribution in [2.75, 3.05) is 32.8 Å². The Hall–Kier alpha value is -0.910. The van der Waals surface area contributed by atoms with Crippen molar-refractivity contribution in [3.05, 3.63) is 21.4 Å². The van der Waals surface area contributed by atoms with Crippen LogP contribution in [0.1, 0.15) is 28.8 Å². The largest absolute Gasteiger partial charge is 0.395 e. The molecule has 1 saturated heterocycles. The first-order chi connectivity index (χ1) is 10.1. The molecule has 1 unspecified atom stereocenters. The second kappa shape index (κ2) is 7.92. The van der Waals surface area contributed by atoms with Gasteiger partial charge in [-0.2, -0.15) is 0 Å². The lowest BCUT2D eigenvalue weighted by atomic mass is 9.97. The smallest absolute Gasteiger partial charge is 0.224 e. The van der Waals surface area contributed by atoms with Gasteiger partial charge < -0.3 is 15.3 Å². The zero-order valence-electron chi connectivity index (χ0n) is 13.0. The summed E-state index contributed by atoms with van der Waals surface area (Å²) in [6.07, 6.45) is 2.92. The lowest BCUT2D eigenvalue weighted by Crippen LogP contribution is -2.44. The summed E-state index contributed by atoms with van der Waals surface area (Å²) in [5.41, 5.74) is 2.71. The van der Waals surface area contributed by atoms with Gasteiger partial charge in [-0.3, -0.25) is 4.79 Å². The molecule has 5 heteroatoms. The normalized spacial score (nSPS) is 19.7. The highest BCUT2D eigenvalue weighted by Gasteiger charge is 2.25. The Bertz CT molecular complexity index is 471. The fourth-order valence-electron chi connectivity index (χ4n) is 2.89. The summed E-state index contributed by atoms with van der Waals surface area (Å²) in [6, 6.07) is 0. The van der Waals surface area contributed by atoms with E-state index < -0.39 is 0 Å². The van der Waals surface area contributed by atoms with Gasteiger partial charge in [0.05, 0.1) is 12.5 Å². The lowest BCUT2D eigenvalue weighted by molar-refractivity contribution is -0.126. The molecule has 118 valence electrons. The van der Waals surface area contributed by atoms with Crippen LogP contribution in [0.4, 0.5) is 0 Å². The summed E-state index contributed by atoms with van der Waals surface area (Å²) in [7, 11) is 0. The molecule has 4 nitrogen and oxygen atoms in total. The van der Waals surface area contributed by atoms with E-state index >= 15 is 0 Å². The number of thiophene rings is 1. The van der Waals surface area contributed by atoms with E-state index in [0.29, 0.717) is 13.1 Å². The van der Waals surface area contributed by atoms with Gasteiger partial charge in [-0.15, -0.1) is 11.3 Å². The van der Waals surface area contributed by atoms with E-state index in [4.69, 9.17) is 5.11 Å². The number of nitrogens with one attached hydrogen (secondary N) is 1. The molecule has 2 rings (SSSR count). The zero-order chi connectivity index (χ0) is 15.2. The number of carbonyl (C=O) groups is 1. The van der Waals surface area contributed by atoms with Gasteiger partial charge in [0.2, 0.25) is 5.91 Å². The molecule has 0 radical (unpaired) electrons. The molecule has 1 fully saturated rings. The number of aliphatic hydroxyl groups excluding tert-OH is 1. The first-order valence-corrected chi connectivity index (χ1v) is 8.64. The maximum atomic E-state index is 12.2. The highest BCUT2D eigenvalue weighted by Crippen LogP contribution is 2.21. The minimum Gasteiger partial charge on any atom is -0.395 e. The minimum atomic E-state index is 0.0793. The Kier molecular flexibility index (Phi) is 6.21. The summed E-state index contributed by atoms with van der Waals surface area (Å²) in [6.45, 7) is 7.63. The molecular formula is C16H26N2O2S. The second-order valence-electron chi connectivity index (χ2n) is 5.85. The quantitative estimate of drug-likeness (QED) is 0.841. The number of aliphatic hydroxyl groups is 1. The first-order valence-electron chi connectivity index (χ1n) is 7.76. The van der Waals surface area contributed by atoms with Crippen LogP contribution in [0.15, 0.2) is 5.38 Å². The van der Waals surface area contributed by atoms with Crippen molar-refractivity contribution in [3.63, 3.8) is 0 Å². The monoisotopic (exact) mass is 310 g/mol. The van der Waals surface area contributed by atoms with E-state index in [9.17, 15) is 4.79 Å². The summed E-state index contributed by atoms with van der Waals surface area (Å²) in [4.78, 5) is 15.8. The molecule has 1 amide bonds. The van der Waals surface area contributed by atoms with Crippen LogP contribution < -0.4 is 5.32 Å². The van der Waals surface area contributed by atoms with Crippen LogP contribution in [-0.4, -0.2) is 48.7 Å². The summed E-state index contributed by atoms with van der Waals surface area (Å²) >= 11 is 1.78. The van der Waals surface area contributed by atoms with Gasteiger partial charge in [0.1, 0.15) is 0 Å². The standard InChI is InChI=1S/C16H26N2O2S/c1-12-13(2)21-11-15(12)5-6-17-16(20)14-4-3-7-18(10-14)8-9-19/h11,14,19H,3-10H2,1-2H3,(H,17,20). The number of piperidine rings is 1. The summed E-state index contributed by atoms with van der Waals surface area (Å²) in [5, 5.41) is 14.3. The molecule has 0 bridgehead atoms. The Balaban J connectivity index is 1.75. The lowest BCUT2D eigenvalue weighted by Gasteiger charge is -2.31. The van der Waals surface area contributed by atoms with Gasteiger partial charge in [0.15, 0.2) is 0 Å². The number of amides is 1. The van der Waals surface area contributed by atoms with Crippen LogP contribution >= 0.6 is 11.3 Å².